The van der Waals surface area contributed by atoms with Crippen LogP contribution in [-0.2, 0) is 11.0 Å². The molecule has 1 N–H and O–H groups in total. The van der Waals surface area contributed by atoms with E-state index in [1.807, 2.05) is 30.3 Å². The molecule has 4 aromatic rings. The van der Waals surface area contributed by atoms with E-state index in [4.69, 9.17) is 13.6 Å². The highest BCUT2D eigenvalue weighted by Gasteiger charge is 2.34. The highest BCUT2D eigenvalue weighted by atomic mass is 31.2. The number of hydrogen-bond acceptors (Lipinski definition) is 5. The summed E-state index contributed by atoms with van der Waals surface area (Å²) in [4.78, 5) is 0. The van der Waals surface area contributed by atoms with Crippen LogP contribution in [0.4, 0.5) is 0 Å². The van der Waals surface area contributed by atoms with Gasteiger partial charge in [0.05, 0.1) is 0 Å². The molecule has 0 saturated heterocycles. The van der Waals surface area contributed by atoms with Crippen molar-refractivity contribution in [2.75, 3.05) is 0 Å². The predicted octanol–water partition coefficient (Wildman–Crippen LogP) is 7.14. The summed E-state index contributed by atoms with van der Waals surface area (Å²) in [5, 5.41) is 11.6. The Morgan fingerprint density at radius 2 is 1.35 bits per heavy atom. The van der Waals surface area contributed by atoms with Crippen molar-refractivity contribution in [1.82, 2.24) is 0 Å². The van der Waals surface area contributed by atoms with Crippen LogP contribution < -0.4 is 13.6 Å². The van der Waals surface area contributed by atoms with Gasteiger partial charge in [-0.3, -0.25) is 0 Å². The molecule has 0 spiro atoms. The molecule has 0 aliphatic carbocycles. The van der Waals surface area contributed by atoms with E-state index in [9.17, 15) is 9.67 Å². The Labute approximate surface area is 181 Å². The molecular formula is C25H23O5P. The lowest BCUT2D eigenvalue weighted by atomic mass is 10.0. The van der Waals surface area contributed by atoms with Crippen molar-refractivity contribution in [3.8, 4) is 23.0 Å². The van der Waals surface area contributed by atoms with Crippen molar-refractivity contribution < 1.29 is 23.2 Å². The molecule has 0 fully saturated rings. The normalized spacial score (nSPS) is 11.3. The standard InChI is InChI=1S/C25H23O5P/c1-2-9-19-14-15-22-23(18-19)24(26)16-17-25(22)30-31(27,28-20-10-5-3-6-11-20)29-21-12-7-4-8-13-21/h3-8,10-18,26H,2,9H2,1H3. The quantitative estimate of drug-likeness (QED) is 0.299. The second-order valence-electron chi connectivity index (χ2n) is 7.06. The summed E-state index contributed by atoms with van der Waals surface area (Å²) in [6.45, 7) is 2.10. The number of phenolic OH excluding ortho intramolecular Hbond substituents is 1. The number of phosphoric acid groups is 1. The molecule has 6 heteroatoms. The van der Waals surface area contributed by atoms with E-state index < -0.39 is 7.82 Å². The number of phosphoric ester groups is 1. The van der Waals surface area contributed by atoms with Crippen molar-refractivity contribution in [3.63, 3.8) is 0 Å². The van der Waals surface area contributed by atoms with Crippen LogP contribution in [0.1, 0.15) is 18.9 Å². The predicted molar refractivity (Wildman–Crippen MR) is 122 cm³/mol. The molecule has 31 heavy (non-hydrogen) atoms. The second kappa shape index (κ2) is 9.15. The maximum absolute atomic E-state index is 13.7. The summed E-state index contributed by atoms with van der Waals surface area (Å²) in [5.41, 5.74) is 1.10. The van der Waals surface area contributed by atoms with E-state index >= 15 is 0 Å². The Bertz CT molecular complexity index is 1160. The molecule has 0 heterocycles. The maximum atomic E-state index is 13.7. The van der Waals surface area contributed by atoms with Gasteiger partial charge in [-0.2, -0.15) is 4.57 Å². The van der Waals surface area contributed by atoms with Gasteiger partial charge in [0.2, 0.25) is 0 Å². The SMILES string of the molecule is CCCc1ccc2c(OP(=O)(Oc3ccccc3)Oc3ccccc3)ccc(O)c2c1. The van der Waals surface area contributed by atoms with Gasteiger partial charge in [-0.15, -0.1) is 0 Å². The van der Waals surface area contributed by atoms with Crippen LogP contribution in [0.3, 0.4) is 0 Å². The Hall–Kier alpha value is -3.43. The number of aryl methyl sites for hydroxylation is 1. The van der Waals surface area contributed by atoms with Crippen LogP contribution in [0, 0.1) is 0 Å². The van der Waals surface area contributed by atoms with Gasteiger partial charge in [-0.1, -0.05) is 61.9 Å². The molecule has 4 aromatic carbocycles. The number of fused-ring (bicyclic) bond motifs is 1. The fraction of sp³-hybridized carbons (Fsp3) is 0.120. The van der Waals surface area contributed by atoms with Crippen LogP contribution >= 0.6 is 7.82 Å². The summed E-state index contributed by atoms with van der Waals surface area (Å²) >= 11 is 0. The van der Waals surface area contributed by atoms with Gasteiger partial charge in [-0.25, -0.2) is 0 Å². The fourth-order valence-corrected chi connectivity index (χ4v) is 4.55. The molecule has 0 radical (unpaired) electrons. The highest BCUT2D eigenvalue weighted by Crippen LogP contribution is 2.51. The molecule has 0 aliphatic heterocycles. The van der Waals surface area contributed by atoms with Crippen LogP contribution in [0.2, 0.25) is 0 Å². The third kappa shape index (κ3) is 5.01. The van der Waals surface area contributed by atoms with E-state index in [1.165, 1.54) is 6.07 Å². The van der Waals surface area contributed by atoms with Crippen molar-refractivity contribution in [3.05, 3.63) is 96.6 Å². The summed E-state index contributed by atoms with van der Waals surface area (Å²) < 4.78 is 31.0. The number of aromatic hydroxyl groups is 1. The van der Waals surface area contributed by atoms with Crippen LogP contribution in [0.15, 0.2) is 91.0 Å². The van der Waals surface area contributed by atoms with E-state index in [1.54, 1.807) is 54.6 Å². The molecule has 0 unspecified atom stereocenters. The Balaban J connectivity index is 1.73. The van der Waals surface area contributed by atoms with E-state index in [0.29, 0.717) is 28.0 Å². The fourth-order valence-electron chi connectivity index (χ4n) is 3.27. The zero-order valence-electron chi connectivity index (χ0n) is 17.1. The largest absolute Gasteiger partial charge is 0.647 e. The van der Waals surface area contributed by atoms with Crippen molar-refractivity contribution in [2.45, 2.75) is 19.8 Å². The first-order chi connectivity index (χ1) is 15.1. The number of hydrogen-bond donors (Lipinski definition) is 1. The van der Waals surface area contributed by atoms with Crippen LogP contribution in [0.5, 0.6) is 23.0 Å². The number of rotatable bonds is 8. The summed E-state index contributed by atoms with van der Waals surface area (Å²) in [7, 11) is -4.11. The zero-order chi connectivity index (χ0) is 21.7. The topological polar surface area (TPSA) is 65.0 Å². The van der Waals surface area contributed by atoms with Gasteiger partial charge >= 0.3 is 7.82 Å². The maximum Gasteiger partial charge on any atom is 0.647 e. The minimum atomic E-state index is -4.11. The molecule has 0 atom stereocenters. The van der Waals surface area contributed by atoms with Gasteiger partial charge in [0, 0.05) is 10.8 Å². The number of phenols is 1. The third-order valence-corrected chi connectivity index (χ3v) is 5.98. The Kier molecular flexibility index (Phi) is 6.15. The smallest absolute Gasteiger partial charge is 0.507 e. The van der Waals surface area contributed by atoms with Gasteiger partial charge in [0.1, 0.15) is 23.0 Å². The van der Waals surface area contributed by atoms with Crippen molar-refractivity contribution in [1.29, 1.82) is 0 Å². The lowest BCUT2D eigenvalue weighted by molar-refractivity contribution is 0.299. The molecular weight excluding hydrogens is 411 g/mol. The first-order valence-electron chi connectivity index (χ1n) is 10.1. The highest BCUT2D eigenvalue weighted by molar-refractivity contribution is 7.49. The van der Waals surface area contributed by atoms with Gasteiger partial charge in [-0.05, 0) is 54.4 Å². The average molecular weight is 434 g/mol. The minimum Gasteiger partial charge on any atom is -0.507 e. The van der Waals surface area contributed by atoms with Crippen molar-refractivity contribution >= 4 is 18.6 Å². The molecule has 158 valence electrons. The molecule has 0 saturated carbocycles. The lowest BCUT2D eigenvalue weighted by Crippen LogP contribution is -2.07. The first kappa shape index (κ1) is 20.8. The van der Waals surface area contributed by atoms with E-state index in [0.717, 1.165) is 18.4 Å². The van der Waals surface area contributed by atoms with Crippen LogP contribution in [-0.4, -0.2) is 5.11 Å². The van der Waals surface area contributed by atoms with Gasteiger partial charge < -0.3 is 18.7 Å². The molecule has 4 rings (SSSR count). The molecule has 0 bridgehead atoms. The summed E-state index contributed by atoms with van der Waals surface area (Å²) in [5.74, 6) is 1.14. The molecule has 0 amide bonds. The average Bonchev–Trinajstić information content (AvgIpc) is 2.77. The molecule has 5 nitrogen and oxygen atoms in total. The second-order valence-corrected chi connectivity index (χ2v) is 8.50. The minimum absolute atomic E-state index is 0.128. The molecule has 0 aromatic heterocycles. The van der Waals surface area contributed by atoms with Crippen LogP contribution in [0.25, 0.3) is 10.8 Å². The van der Waals surface area contributed by atoms with Gasteiger partial charge in [0.15, 0.2) is 0 Å². The summed E-state index contributed by atoms with van der Waals surface area (Å²) in [6.07, 6.45) is 1.89. The summed E-state index contributed by atoms with van der Waals surface area (Å²) in [6, 6.07) is 26.3. The monoisotopic (exact) mass is 434 g/mol. The number of benzene rings is 4. The zero-order valence-corrected chi connectivity index (χ0v) is 18.0. The lowest BCUT2D eigenvalue weighted by Gasteiger charge is -2.20. The third-order valence-electron chi connectivity index (χ3n) is 4.69. The van der Waals surface area contributed by atoms with Crippen molar-refractivity contribution in [2.24, 2.45) is 0 Å². The van der Waals surface area contributed by atoms with E-state index in [-0.39, 0.29) is 5.75 Å². The Morgan fingerprint density at radius 3 is 1.94 bits per heavy atom. The first-order valence-corrected chi connectivity index (χ1v) is 11.6. The molecule has 0 aliphatic rings. The Morgan fingerprint density at radius 1 is 0.742 bits per heavy atom. The van der Waals surface area contributed by atoms with E-state index in [2.05, 4.69) is 6.92 Å². The number of para-hydroxylation sites is 2. The van der Waals surface area contributed by atoms with Gasteiger partial charge in [0.25, 0.3) is 0 Å².